The number of carboxylic acid groups (broad SMARTS) is 1. The van der Waals surface area contributed by atoms with Crippen molar-refractivity contribution in [1.29, 1.82) is 0 Å². The number of aromatic nitrogens is 1. The van der Waals surface area contributed by atoms with Crippen molar-refractivity contribution in [3.63, 3.8) is 0 Å². The summed E-state index contributed by atoms with van der Waals surface area (Å²) in [6, 6.07) is 4.72. The summed E-state index contributed by atoms with van der Waals surface area (Å²) in [5.41, 5.74) is 0. The van der Waals surface area contributed by atoms with Crippen LogP contribution in [-0.4, -0.2) is 36.8 Å². The predicted octanol–water partition coefficient (Wildman–Crippen LogP) is 2.54. The van der Waals surface area contributed by atoms with Gasteiger partial charge in [-0.2, -0.15) is 0 Å². The average molecular weight is 292 g/mol. The summed E-state index contributed by atoms with van der Waals surface area (Å²) in [7, 11) is 3.15. The van der Waals surface area contributed by atoms with Crippen molar-refractivity contribution >= 4 is 22.6 Å². The van der Waals surface area contributed by atoms with Crippen LogP contribution < -0.4 is 9.64 Å². The number of nitrogens with zero attached hydrogens (tertiary/aromatic N) is 2. The van der Waals surface area contributed by atoms with Gasteiger partial charge in [0.05, 0.1) is 13.0 Å². The number of aliphatic carboxylic acids is 1. The Balaban J connectivity index is 2.44. The molecule has 5 nitrogen and oxygen atoms in total. The number of pyridine rings is 1. The van der Waals surface area contributed by atoms with Crippen LogP contribution in [-0.2, 0) is 4.79 Å². The zero-order chi connectivity index (χ0) is 15.6. The van der Waals surface area contributed by atoms with Crippen LogP contribution in [0.5, 0.6) is 5.75 Å². The third-order valence-corrected chi connectivity index (χ3v) is 3.35. The highest BCUT2D eigenvalue weighted by atomic mass is 19.1. The molecule has 112 valence electrons. The molecule has 1 aromatic carbocycles. The van der Waals surface area contributed by atoms with E-state index in [1.165, 1.54) is 13.2 Å². The van der Waals surface area contributed by atoms with Gasteiger partial charge >= 0.3 is 5.97 Å². The molecule has 0 aliphatic rings. The topological polar surface area (TPSA) is 62.7 Å². The molecule has 1 aromatic heterocycles. The Hall–Kier alpha value is -2.37. The molecule has 1 unspecified atom stereocenters. The van der Waals surface area contributed by atoms with Crippen molar-refractivity contribution in [2.75, 3.05) is 25.6 Å². The van der Waals surface area contributed by atoms with E-state index in [4.69, 9.17) is 9.84 Å². The Bertz CT molecular complexity index is 675. The molecule has 0 aliphatic carbocycles. The first-order chi connectivity index (χ1) is 9.93. The molecular formula is C15H17FN2O3. The molecule has 21 heavy (non-hydrogen) atoms. The fraction of sp³-hybridized carbons (Fsp3) is 0.333. The van der Waals surface area contributed by atoms with Gasteiger partial charge in [0.25, 0.3) is 0 Å². The van der Waals surface area contributed by atoms with E-state index in [0.717, 1.165) is 5.39 Å². The van der Waals surface area contributed by atoms with Crippen LogP contribution in [0.1, 0.15) is 6.92 Å². The Morgan fingerprint density at radius 1 is 1.52 bits per heavy atom. The number of carboxylic acids is 1. The SMILES string of the molecule is COc1cc2ccnc(N(C)CC(C)C(=O)O)c2cc1F. The molecule has 1 N–H and O–H groups in total. The lowest BCUT2D eigenvalue weighted by atomic mass is 10.1. The number of fused-ring (bicyclic) bond motifs is 1. The first kappa shape index (κ1) is 15.0. The molecule has 0 fully saturated rings. The van der Waals surface area contributed by atoms with Gasteiger partial charge in [-0.3, -0.25) is 4.79 Å². The molecule has 0 amide bonds. The van der Waals surface area contributed by atoms with Gasteiger partial charge in [-0.15, -0.1) is 0 Å². The zero-order valence-corrected chi connectivity index (χ0v) is 12.1. The third kappa shape index (κ3) is 3.04. The summed E-state index contributed by atoms with van der Waals surface area (Å²) in [5.74, 6) is -1.19. The van der Waals surface area contributed by atoms with Crippen molar-refractivity contribution in [2.24, 2.45) is 5.92 Å². The number of anilines is 1. The van der Waals surface area contributed by atoms with Crippen LogP contribution in [0.4, 0.5) is 10.2 Å². The maximum Gasteiger partial charge on any atom is 0.308 e. The van der Waals surface area contributed by atoms with E-state index in [1.54, 1.807) is 37.2 Å². The molecular weight excluding hydrogens is 275 g/mol. The minimum atomic E-state index is -0.880. The quantitative estimate of drug-likeness (QED) is 0.917. The highest BCUT2D eigenvalue weighted by molar-refractivity contribution is 5.93. The lowest BCUT2D eigenvalue weighted by Gasteiger charge is -2.22. The number of benzene rings is 1. The molecule has 0 saturated heterocycles. The van der Waals surface area contributed by atoms with E-state index in [2.05, 4.69) is 4.98 Å². The van der Waals surface area contributed by atoms with Crippen molar-refractivity contribution in [1.82, 2.24) is 4.98 Å². The molecule has 0 spiro atoms. The number of hydrogen-bond acceptors (Lipinski definition) is 4. The first-order valence-electron chi connectivity index (χ1n) is 6.50. The van der Waals surface area contributed by atoms with Gasteiger partial charge < -0.3 is 14.7 Å². The molecule has 0 aliphatic heterocycles. The smallest absolute Gasteiger partial charge is 0.308 e. The van der Waals surface area contributed by atoms with Crippen molar-refractivity contribution in [3.8, 4) is 5.75 Å². The lowest BCUT2D eigenvalue weighted by Crippen LogP contribution is -2.29. The van der Waals surface area contributed by atoms with Gasteiger partial charge in [0, 0.05) is 25.2 Å². The average Bonchev–Trinajstić information content (AvgIpc) is 2.45. The van der Waals surface area contributed by atoms with Gasteiger partial charge in [-0.25, -0.2) is 9.37 Å². The Labute approximate surface area is 122 Å². The minimum Gasteiger partial charge on any atom is -0.494 e. The van der Waals surface area contributed by atoms with Crippen LogP contribution in [0, 0.1) is 11.7 Å². The Kier molecular flexibility index (Phi) is 4.26. The van der Waals surface area contributed by atoms with Crippen LogP contribution in [0.3, 0.4) is 0 Å². The molecule has 0 saturated carbocycles. The van der Waals surface area contributed by atoms with Crippen molar-refractivity contribution < 1.29 is 19.0 Å². The van der Waals surface area contributed by atoms with Crippen LogP contribution >= 0.6 is 0 Å². The van der Waals surface area contributed by atoms with E-state index >= 15 is 0 Å². The fourth-order valence-corrected chi connectivity index (χ4v) is 2.19. The second kappa shape index (κ2) is 5.95. The standard InChI is InChI=1S/C15H17FN2O3/c1-9(15(19)20)8-18(2)14-11-7-12(16)13(21-3)6-10(11)4-5-17-14/h4-7,9H,8H2,1-3H3,(H,19,20). The van der Waals surface area contributed by atoms with Gasteiger partial charge in [-0.1, -0.05) is 6.92 Å². The molecule has 0 bridgehead atoms. The molecule has 1 atom stereocenters. The molecule has 2 aromatic rings. The molecule has 1 heterocycles. The van der Waals surface area contributed by atoms with Crippen molar-refractivity contribution in [3.05, 3.63) is 30.2 Å². The summed E-state index contributed by atoms with van der Waals surface area (Å²) in [4.78, 5) is 16.9. The maximum atomic E-state index is 13.9. The van der Waals surface area contributed by atoms with Crippen LogP contribution in [0.2, 0.25) is 0 Å². The minimum absolute atomic E-state index is 0.168. The molecule has 2 rings (SSSR count). The number of rotatable bonds is 5. The summed E-state index contributed by atoms with van der Waals surface area (Å²) >= 11 is 0. The number of carbonyl (C=O) groups is 1. The van der Waals surface area contributed by atoms with Gasteiger partial charge in [-0.05, 0) is 23.6 Å². The van der Waals surface area contributed by atoms with Gasteiger partial charge in [0.15, 0.2) is 11.6 Å². The highest BCUT2D eigenvalue weighted by Gasteiger charge is 2.17. The fourth-order valence-electron chi connectivity index (χ4n) is 2.19. The normalized spacial score (nSPS) is 12.2. The first-order valence-corrected chi connectivity index (χ1v) is 6.50. The second-order valence-electron chi connectivity index (χ2n) is 4.96. The predicted molar refractivity (Wildman–Crippen MR) is 78.3 cm³/mol. The lowest BCUT2D eigenvalue weighted by molar-refractivity contribution is -0.140. The summed E-state index contributed by atoms with van der Waals surface area (Å²) in [6.45, 7) is 1.91. The number of hydrogen-bond donors (Lipinski definition) is 1. The maximum absolute atomic E-state index is 13.9. The Morgan fingerprint density at radius 3 is 2.86 bits per heavy atom. The zero-order valence-electron chi connectivity index (χ0n) is 12.1. The molecule has 6 heteroatoms. The van der Waals surface area contributed by atoms with Crippen LogP contribution in [0.15, 0.2) is 24.4 Å². The van der Waals surface area contributed by atoms with E-state index in [9.17, 15) is 9.18 Å². The third-order valence-electron chi connectivity index (χ3n) is 3.35. The van der Waals surface area contributed by atoms with E-state index in [1.807, 2.05) is 0 Å². The van der Waals surface area contributed by atoms with Gasteiger partial charge in [0.2, 0.25) is 0 Å². The van der Waals surface area contributed by atoms with E-state index in [0.29, 0.717) is 11.2 Å². The summed E-state index contributed by atoms with van der Waals surface area (Å²) < 4.78 is 18.9. The largest absolute Gasteiger partial charge is 0.494 e. The molecule has 0 radical (unpaired) electrons. The van der Waals surface area contributed by atoms with E-state index < -0.39 is 17.7 Å². The Morgan fingerprint density at radius 2 is 2.24 bits per heavy atom. The number of halogens is 1. The van der Waals surface area contributed by atoms with Gasteiger partial charge in [0.1, 0.15) is 5.82 Å². The van der Waals surface area contributed by atoms with E-state index in [-0.39, 0.29) is 12.3 Å². The summed E-state index contributed by atoms with van der Waals surface area (Å²) in [5, 5.41) is 10.4. The second-order valence-corrected chi connectivity index (χ2v) is 4.96. The number of methoxy groups -OCH3 is 1. The van der Waals surface area contributed by atoms with Crippen LogP contribution in [0.25, 0.3) is 10.8 Å². The monoisotopic (exact) mass is 292 g/mol. The summed E-state index contributed by atoms with van der Waals surface area (Å²) in [6.07, 6.45) is 1.61. The van der Waals surface area contributed by atoms with Crippen molar-refractivity contribution in [2.45, 2.75) is 6.92 Å². The highest BCUT2D eigenvalue weighted by Crippen LogP contribution is 2.29. The number of ether oxygens (including phenoxy) is 1.